The Morgan fingerprint density at radius 3 is 2.30 bits per heavy atom. The molecule has 0 radical (unpaired) electrons. The summed E-state index contributed by atoms with van der Waals surface area (Å²) in [5.41, 5.74) is 2.11. The van der Waals surface area contributed by atoms with Crippen LogP contribution in [0.1, 0.15) is 78.7 Å². The molecule has 5 heteroatoms. The van der Waals surface area contributed by atoms with Crippen molar-refractivity contribution < 1.29 is 9.32 Å². The zero-order chi connectivity index (χ0) is 20.2. The molecule has 0 fully saturated rings. The first-order chi connectivity index (χ1) is 12.5. The second-order valence-electron chi connectivity index (χ2n) is 9.46. The van der Waals surface area contributed by atoms with E-state index < -0.39 is 0 Å². The predicted octanol–water partition coefficient (Wildman–Crippen LogP) is 5.12. The Morgan fingerprint density at radius 2 is 1.74 bits per heavy atom. The number of hydrogen-bond acceptors (Lipinski definition) is 4. The van der Waals surface area contributed by atoms with Crippen molar-refractivity contribution in [3.8, 4) is 11.4 Å². The van der Waals surface area contributed by atoms with Crippen molar-refractivity contribution >= 4 is 5.91 Å². The minimum atomic E-state index is -0.243. The third kappa shape index (κ3) is 6.81. The molecule has 0 saturated heterocycles. The Balaban J connectivity index is 1.91. The predicted molar refractivity (Wildman–Crippen MR) is 108 cm³/mol. The number of amides is 1. The summed E-state index contributed by atoms with van der Waals surface area (Å²) in [7, 11) is 0. The molecule has 0 aliphatic carbocycles. The van der Waals surface area contributed by atoms with Gasteiger partial charge in [-0.25, -0.2) is 0 Å². The highest BCUT2D eigenvalue weighted by Crippen LogP contribution is 2.27. The largest absolute Gasteiger partial charge is 0.351 e. The molecular weight excluding hydrogens is 338 g/mol. The molecule has 1 N–H and O–H groups in total. The number of aromatic nitrogens is 2. The first kappa shape index (κ1) is 21.1. The molecular formula is C22H33N3O2. The van der Waals surface area contributed by atoms with Gasteiger partial charge in [-0.2, -0.15) is 4.98 Å². The quantitative estimate of drug-likeness (QED) is 0.733. The molecule has 0 bridgehead atoms. The zero-order valence-corrected chi connectivity index (χ0v) is 17.7. The van der Waals surface area contributed by atoms with Crippen LogP contribution in [0.5, 0.6) is 0 Å². The highest BCUT2D eigenvalue weighted by molar-refractivity contribution is 5.76. The Labute approximate surface area is 162 Å². The van der Waals surface area contributed by atoms with Crippen LogP contribution in [-0.2, 0) is 11.2 Å². The van der Waals surface area contributed by atoms with Crippen molar-refractivity contribution in [3.05, 3.63) is 35.7 Å². The van der Waals surface area contributed by atoms with E-state index >= 15 is 0 Å². The summed E-state index contributed by atoms with van der Waals surface area (Å²) in [6.07, 6.45) is 1.68. The monoisotopic (exact) mass is 371 g/mol. The van der Waals surface area contributed by atoms with Crippen LogP contribution in [0.2, 0.25) is 0 Å². The van der Waals surface area contributed by atoms with Crippen LogP contribution in [0.15, 0.2) is 28.8 Å². The summed E-state index contributed by atoms with van der Waals surface area (Å²) in [6, 6.07) is 8.18. The van der Waals surface area contributed by atoms with Crippen LogP contribution >= 0.6 is 0 Å². The number of carbonyl (C=O) groups is 1. The molecule has 1 amide bonds. The molecule has 1 heterocycles. The van der Waals surface area contributed by atoms with E-state index in [2.05, 4.69) is 76.1 Å². The maximum atomic E-state index is 12.3. The van der Waals surface area contributed by atoms with E-state index in [0.29, 0.717) is 30.5 Å². The molecule has 5 nitrogen and oxygen atoms in total. The Bertz CT molecular complexity index is 753. The maximum absolute atomic E-state index is 12.3. The number of benzene rings is 1. The number of rotatable bonds is 7. The van der Waals surface area contributed by atoms with Gasteiger partial charge in [0.15, 0.2) is 0 Å². The van der Waals surface area contributed by atoms with Crippen LogP contribution in [0.4, 0.5) is 0 Å². The highest BCUT2D eigenvalue weighted by Gasteiger charge is 2.27. The van der Waals surface area contributed by atoms with Crippen molar-refractivity contribution in [1.82, 2.24) is 15.5 Å². The Morgan fingerprint density at radius 1 is 1.11 bits per heavy atom. The van der Waals surface area contributed by atoms with Gasteiger partial charge in [0.2, 0.25) is 17.6 Å². The fraction of sp³-hybridized carbons (Fsp3) is 0.591. The molecule has 27 heavy (non-hydrogen) atoms. The second-order valence-corrected chi connectivity index (χ2v) is 9.46. The van der Waals surface area contributed by atoms with Gasteiger partial charge < -0.3 is 9.84 Å². The van der Waals surface area contributed by atoms with Gasteiger partial charge in [-0.3, -0.25) is 4.79 Å². The molecule has 1 aromatic carbocycles. The van der Waals surface area contributed by atoms with E-state index in [1.165, 1.54) is 5.56 Å². The maximum Gasteiger partial charge on any atom is 0.227 e. The van der Waals surface area contributed by atoms with Crippen molar-refractivity contribution in [3.63, 3.8) is 0 Å². The Kier molecular flexibility index (Phi) is 6.45. The summed E-state index contributed by atoms with van der Waals surface area (Å²) in [5, 5.41) is 7.15. The third-order valence-corrected chi connectivity index (χ3v) is 4.32. The van der Waals surface area contributed by atoms with Gasteiger partial charge in [-0.05, 0) is 37.2 Å². The van der Waals surface area contributed by atoms with Crippen LogP contribution in [0.3, 0.4) is 0 Å². The van der Waals surface area contributed by atoms with E-state index in [-0.39, 0.29) is 16.9 Å². The van der Waals surface area contributed by atoms with Crippen molar-refractivity contribution in [2.45, 2.75) is 79.2 Å². The lowest BCUT2D eigenvalue weighted by molar-refractivity contribution is -0.123. The number of aryl methyl sites for hydroxylation is 1. The molecule has 0 aliphatic heterocycles. The summed E-state index contributed by atoms with van der Waals surface area (Å²) >= 11 is 0. The molecule has 148 valence electrons. The van der Waals surface area contributed by atoms with Gasteiger partial charge in [0.1, 0.15) is 0 Å². The van der Waals surface area contributed by atoms with E-state index in [4.69, 9.17) is 4.52 Å². The molecule has 0 unspecified atom stereocenters. The van der Waals surface area contributed by atoms with E-state index in [9.17, 15) is 4.79 Å². The topological polar surface area (TPSA) is 68.0 Å². The molecule has 1 aromatic heterocycles. The van der Waals surface area contributed by atoms with Gasteiger partial charge in [-0.15, -0.1) is 0 Å². The van der Waals surface area contributed by atoms with Gasteiger partial charge in [0.25, 0.3) is 0 Å². The first-order valence-electron chi connectivity index (χ1n) is 9.69. The number of nitrogens with one attached hydrogen (secondary N) is 1. The number of carbonyl (C=O) groups excluding carboxylic acids is 1. The summed E-state index contributed by atoms with van der Waals surface area (Å²) in [4.78, 5) is 16.7. The molecule has 0 spiro atoms. The SMILES string of the molecule is CC(C)c1ccc(-c2noc(CCC(=O)NC(C)(C)CC(C)(C)C)n2)cc1. The third-order valence-electron chi connectivity index (χ3n) is 4.32. The number of hydrogen-bond donors (Lipinski definition) is 1. The molecule has 2 rings (SSSR count). The minimum Gasteiger partial charge on any atom is -0.351 e. The summed E-state index contributed by atoms with van der Waals surface area (Å²) in [5.74, 6) is 1.54. The van der Waals surface area contributed by atoms with Crippen molar-refractivity contribution in [1.29, 1.82) is 0 Å². The van der Waals surface area contributed by atoms with Crippen LogP contribution in [0.25, 0.3) is 11.4 Å². The van der Waals surface area contributed by atoms with Gasteiger partial charge >= 0.3 is 0 Å². The smallest absolute Gasteiger partial charge is 0.227 e. The molecule has 2 aromatic rings. The first-order valence-corrected chi connectivity index (χ1v) is 9.69. The van der Waals surface area contributed by atoms with Gasteiger partial charge in [-0.1, -0.05) is 64.0 Å². The van der Waals surface area contributed by atoms with Crippen LogP contribution in [0, 0.1) is 5.41 Å². The normalized spacial score (nSPS) is 12.4. The van der Waals surface area contributed by atoms with Gasteiger partial charge in [0.05, 0.1) is 0 Å². The van der Waals surface area contributed by atoms with Crippen molar-refractivity contribution in [2.24, 2.45) is 5.41 Å². The van der Waals surface area contributed by atoms with Gasteiger partial charge in [0, 0.05) is 23.9 Å². The van der Waals surface area contributed by atoms with E-state index in [1.54, 1.807) is 0 Å². The standard InChI is InChI=1S/C22H33N3O2/c1-15(2)16-8-10-17(11-9-16)20-23-19(27-25-20)13-12-18(26)24-22(6,7)14-21(3,4)5/h8-11,15H,12-14H2,1-7H3,(H,24,26). The average molecular weight is 372 g/mol. The molecule has 0 aliphatic rings. The zero-order valence-electron chi connectivity index (χ0n) is 17.7. The molecule has 0 atom stereocenters. The van der Waals surface area contributed by atoms with Crippen molar-refractivity contribution in [2.75, 3.05) is 0 Å². The lowest BCUT2D eigenvalue weighted by Crippen LogP contribution is -2.45. The number of nitrogens with zero attached hydrogens (tertiary/aromatic N) is 2. The average Bonchev–Trinajstić information content (AvgIpc) is 2.99. The van der Waals surface area contributed by atoms with E-state index in [1.807, 2.05) is 12.1 Å². The summed E-state index contributed by atoms with van der Waals surface area (Å²) in [6.45, 7) is 15.0. The Hall–Kier alpha value is -2.17. The summed E-state index contributed by atoms with van der Waals surface area (Å²) < 4.78 is 5.32. The fourth-order valence-electron chi connectivity index (χ4n) is 3.52. The lowest BCUT2D eigenvalue weighted by Gasteiger charge is -2.33. The lowest BCUT2D eigenvalue weighted by atomic mass is 9.82. The fourth-order valence-corrected chi connectivity index (χ4v) is 3.52. The molecule has 0 saturated carbocycles. The minimum absolute atomic E-state index is 0.00489. The van der Waals surface area contributed by atoms with E-state index in [0.717, 1.165) is 12.0 Å². The highest BCUT2D eigenvalue weighted by atomic mass is 16.5. The second kappa shape index (κ2) is 8.24. The van der Waals surface area contributed by atoms with Crippen LogP contribution in [-0.4, -0.2) is 21.6 Å². The van der Waals surface area contributed by atoms with Crippen LogP contribution < -0.4 is 5.32 Å².